The maximum absolute atomic E-state index is 12.8. The Morgan fingerprint density at radius 3 is 2.84 bits per heavy atom. The van der Waals surface area contributed by atoms with Crippen molar-refractivity contribution in [2.75, 3.05) is 5.32 Å². The highest BCUT2D eigenvalue weighted by Crippen LogP contribution is 2.35. The van der Waals surface area contributed by atoms with Crippen LogP contribution in [0.5, 0.6) is 5.75 Å². The Hall–Kier alpha value is -4.59. The van der Waals surface area contributed by atoms with Gasteiger partial charge in [0.05, 0.1) is 5.56 Å². The molecule has 0 saturated heterocycles. The van der Waals surface area contributed by atoms with Crippen molar-refractivity contribution in [3.05, 3.63) is 58.5 Å². The minimum atomic E-state index is -0.412. The molecule has 0 radical (unpaired) electrons. The Balaban J connectivity index is 1.38. The van der Waals surface area contributed by atoms with Gasteiger partial charge in [-0.3, -0.25) is 19.4 Å². The Kier molecular flexibility index (Phi) is 7.57. The number of phenols is 1. The van der Waals surface area contributed by atoms with Crippen LogP contribution in [0.2, 0.25) is 0 Å². The first-order chi connectivity index (χ1) is 17.7. The van der Waals surface area contributed by atoms with E-state index in [0.29, 0.717) is 29.8 Å². The summed E-state index contributed by atoms with van der Waals surface area (Å²) in [6.07, 6.45) is 2.23. The Morgan fingerprint density at radius 2 is 2.08 bits per heavy atom. The van der Waals surface area contributed by atoms with E-state index in [4.69, 9.17) is 4.74 Å². The number of rotatable bonds is 6. The van der Waals surface area contributed by atoms with E-state index in [1.807, 2.05) is 13.8 Å². The highest BCUT2D eigenvalue weighted by atomic mass is 16.6. The molecule has 4 rings (SSSR count). The molecule has 2 amide bonds. The van der Waals surface area contributed by atoms with Crippen molar-refractivity contribution in [1.29, 1.82) is 0 Å². The topological polar surface area (TPSA) is 151 Å². The van der Waals surface area contributed by atoms with E-state index in [2.05, 4.69) is 37.8 Å². The zero-order valence-corrected chi connectivity index (χ0v) is 20.7. The molecule has 2 aromatic heterocycles. The van der Waals surface area contributed by atoms with Crippen LogP contribution in [-0.4, -0.2) is 55.5 Å². The summed E-state index contributed by atoms with van der Waals surface area (Å²) in [7, 11) is 1.62. The second-order valence-electron chi connectivity index (χ2n) is 9.14. The summed E-state index contributed by atoms with van der Waals surface area (Å²) in [5, 5.41) is 26.7. The number of benzene rings is 1. The molecule has 1 saturated carbocycles. The van der Waals surface area contributed by atoms with Gasteiger partial charge in [0.25, 0.3) is 5.91 Å². The van der Waals surface area contributed by atoms with Crippen LogP contribution in [0.25, 0.3) is 0 Å². The number of aromatic nitrogens is 4. The van der Waals surface area contributed by atoms with Crippen LogP contribution in [0.3, 0.4) is 0 Å². The molecule has 1 aliphatic rings. The summed E-state index contributed by atoms with van der Waals surface area (Å²) < 4.78 is 6.88. The standard InChI is InChI=1S/C26H28N6O5/c1-15(2)27-26(36)37-19-10-8-17(11-19)21-13-24(30-29-21)28-25(35)22-12-18(31-32(22)3)9-7-16-5-4-6-23(34)20(16)14-33/h4-6,12-15,17,19,34H,8,10-11H2,1-3H3,(H,27,36)(H2,28,29,30,35)/t17-,19+/m0/s1. The molecule has 1 aliphatic carbocycles. The second kappa shape index (κ2) is 11.0. The molecule has 3 aromatic rings. The molecule has 4 N–H and O–H groups in total. The molecule has 0 bridgehead atoms. The molecule has 11 nitrogen and oxygen atoms in total. The fourth-order valence-corrected chi connectivity index (χ4v) is 4.20. The van der Waals surface area contributed by atoms with Crippen LogP contribution in [0, 0.1) is 11.8 Å². The van der Waals surface area contributed by atoms with E-state index in [1.54, 1.807) is 25.2 Å². The number of carbonyl (C=O) groups excluding carboxylic acids is 3. The van der Waals surface area contributed by atoms with Gasteiger partial charge in [-0.15, -0.1) is 0 Å². The number of ether oxygens (including phenoxy) is 1. The van der Waals surface area contributed by atoms with Gasteiger partial charge in [0.2, 0.25) is 0 Å². The number of nitrogens with one attached hydrogen (secondary N) is 3. The van der Waals surface area contributed by atoms with Crippen LogP contribution in [0.1, 0.15) is 76.8 Å². The number of aryl methyl sites for hydroxylation is 1. The largest absolute Gasteiger partial charge is 0.507 e. The molecular weight excluding hydrogens is 476 g/mol. The number of nitrogens with zero attached hydrogens (tertiary/aromatic N) is 3. The molecule has 11 heteroatoms. The minimum Gasteiger partial charge on any atom is -0.507 e. The number of aromatic hydroxyl groups is 1. The van der Waals surface area contributed by atoms with Gasteiger partial charge in [-0.2, -0.15) is 10.2 Å². The van der Waals surface area contributed by atoms with Gasteiger partial charge in [0.15, 0.2) is 12.1 Å². The summed E-state index contributed by atoms with van der Waals surface area (Å²) in [4.78, 5) is 35.9. The lowest BCUT2D eigenvalue weighted by molar-refractivity contribution is 0.0979. The maximum Gasteiger partial charge on any atom is 0.407 e. The third-order valence-electron chi connectivity index (χ3n) is 5.98. The van der Waals surface area contributed by atoms with E-state index in [1.165, 1.54) is 16.8 Å². The lowest BCUT2D eigenvalue weighted by atomic mass is 10.0. The van der Waals surface area contributed by atoms with Crippen LogP contribution in [0.4, 0.5) is 10.6 Å². The SMILES string of the molecule is CC(C)NC(=O)O[C@@H]1CC[C@H](c2cc(NC(=O)c3cc(C#Cc4cccc(O)c4C=O)nn3C)n[nH]2)C1. The van der Waals surface area contributed by atoms with Crippen molar-refractivity contribution >= 4 is 24.1 Å². The van der Waals surface area contributed by atoms with Gasteiger partial charge in [-0.05, 0) is 51.2 Å². The van der Waals surface area contributed by atoms with Crippen molar-refractivity contribution < 1.29 is 24.2 Å². The Labute approximate surface area is 213 Å². The van der Waals surface area contributed by atoms with E-state index in [-0.39, 0.29) is 35.1 Å². The fourth-order valence-electron chi connectivity index (χ4n) is 4.20. The first kappa shape index (κ1) is 25.5. The predicted octanol–water partition coefficient (Wildman–Crippen LogP) is 3.08. The van der Waals surface area contributed by atoms with Crippen LogP contribution < -0.4 is 10.6 Å². The third kappa shape index (κ3) is 6.16. The summed E-state index contributed by atoms with van der Waals surface area (Å²) in [5.74, 6) is 5.57. The van der Waals surface area contributed by atoms with Gasteiger partial charge in [-0.1, -0.05) is 12.0 Å². The average molecular weight is 505 g/mol. The van der Waals surface area contributed by atoms with Crippen molar-refractivity contribution in [3.63, 3.8) is 0 Å². The quantitative estimate of drug-likeness (QED) is 0.297. The summed E-state index contributed by atoms with van der Waals surface area (Å²) >= 11 is 0. The van der Waals surface area contributed by atoms with Crippen molar-refractivity contribution in [2.45, 2.75) is 51.2 Å². The summed E-state index contributed by atoms with van der Waals surface area (Å²) in [6, 6.07) is 7.92. The lowest BCUT2D eigenvalue weighted by Crippen LogP contribution is -2.33. The number of aldehydes is 1. The second-order valence-corrected chi connectivity index (χ2v) is 9.14. The number of phenolic OH excluding ortho intramolecular Hbond substituents is 1. The number of aromatic amines is 1. The molecule has 1 aromatic carbocycles. The molecule has 0 unspecified atom stereocenters. The van der Waals surface area contributed by atoms with Gasteiger partial charge in [-0.25, -0.2) is 4.79 Å². The van der Waals surface area contributed by atoms with Gasteiger partial charge >= 0.3 is 6.09 Å². The van der Waals surface area contributed by atoms with Gasteiger partial charge in [0.1, 0.15) is 23.2 Å². The van der Waals surface area contributed by atoms with E-state index in [9.17, 15) is 19.5 Å². The number of hydrogen-bond acceptors (Lipinski definition) is 7. The maximum atomic E-state index is 12.8. The third-order valence-corrected chi connectivity index (χ3v) is 5.98. The summed E-state index contributed by atoms with van der Waals surface area (Å²) in [6.45, 7) is 3.75. The minimum absolute atomic E-state index is 0.0136. The smallest absolute Gasteiger partial charge is 0.407 e. The zero-order chi connectivity index (χ0) is 26.5. The van der Waals surface area contributed by atoms with E-state index >= 15 is 0 Å². The highest BCUT2D eigenvalue weighted by Gasteiger charge is 2.30. The number of anilines is 1. The lowest BCUT2D eigenvalue weighted by Gasteiger charge is -2.14. The summed E-state index contributed by atoms with van der Waals surface area (Å²) in [5.41, 5.74) is 1.91. The number of amides is 2. The molecule has 2 heterocycles. The molecule has 0 spiro atoms. The zero-order valence-electron chi connectivity index (χ0n) is 20.7. The first-order valence-corrected chi connectivity index (χ1v) is 11.9. The Morgan fingerprint density at radius 1 is 1.27 bits per heavy atom. The molecule has 0 aliphatic heterocycles. The Bertz CT molecular complexity index is 1380. The fraction of sp³-hybridized carbons (Fsp3) is 0.346. The number of carbonyl (C=O) groups is 3. The molecular formula is C26H28N6O5. The van der Waals surface area contributed by atoms with Crippen LogP contribution >= 0.6 is 0 Å². The average Bonchev–Trinajstić information content (AvgIpc) is 3.57. The number of alkyl carbamates (subject to hydrolysis) is 1. The van der Waals surface area contributed by atoms with E-state index < -0.39 is 12.0 Å². The van der Waals surface area contributed by atoms with Gasteiger partial charge < -0.3 is 20.5 Å². The number of H-pyrrole nitrogens is 1. The monoisotopic (exact) mass is 504 g/mol. The molecule has 192 valence electrons. The van der Waals surface area contributed by atoms with Crippen LogP contribution in [0.15, 0.2) is 30.3 Å². The molecule has 2 atom stereocenters. The van der Waals surface area contributed by atoms with Crippen molar-refractivity contribution in [1.82, 2.24) is 25.3 Å². The molecule has 37 heavy (non-hydrogen) atoms. The van der Waals surface area contributed by atoms with E-state index in [0.717, 1.165) is 18.5 Å². The normalized spacial score (nSPS) is 16.6. The van der Waals surface area contributed by atoms with Crippen molar-refractivity contribution in [2.24, 2.45) is 7.05 Å². The van der Waals surface area contributed by atoms with Gasteiger partial charge in [0, 0.05) is 42.4 Å². The van der Waals surface area contributed by atoms with Crippen LogP contribution in [-0.2, 0) is 11.8 Å². The number of hydrogen-bond donors (Lipinski definition) is 4. The first-order valence-electron chi connectivity index (χ1n) is 11.9. The predicted molar refractivity (Wildman–Crippen MR) is 134 cm³/mol. The molecule has 1 fully saturated rings. The van der Waals surface area contributed by atoms with Crippen molar-refractivity contribution in [3.8, 4) is 17.6 Å². The highest BCUT2D eigenvalue weighted by molar-refractivity contribution is 6.02.